The minimum atomic E-state index is -0.230. The highest BCUT2D eigenvalue weighted by atomic mass is 16.1. The van der Waals surface area contributed by atoms with Crippen molar-refractivity contribution in [1.82, 2.24) is 19.2 Å². The van der Waals surface area contributed by atoms with Crippen LogP contribution in [0.2, 0.25) is 0 Å². The van der Waals surface area contributed by atoms with Crippen LogP contribution >= 0.6 is 0 Å². The largest absolute Gasteiger partial charge is 0.339 e. The summed E-state index contributed by atoms with van der Waals surface area (Å²) in [6, 6.07) is 9.51. The topological polar surface area (TPSA) is 105 Å². The molecule has 0 radical (unpaired) electrons. The van der Waals surface area contributed by atoms with E-state index in [1.165, 1.54) is 4.52 Å². The van der Waals surface area contributed by atoms with Gasteiger partial charge in [-0.2, -0.15) is 5.26 Å². The molecule has 1 aliphatic heterocycles. The van der Waals surface area contributed by atoms with E-state index in [0.717, 1.165) is 24.9 Å². The van der Waals surface area contributed by atoms with Gasteiger partial charge >= 0.3 is 0 Å². The van der Waals surface area contributed by atoms with Gasteiger partial charge in [0.2, 0.25) is 11.6 Å². The maximum Gasteiger partial charge on any atom is 0.298 e. The fourth-order valence-electron chi connectivity index (χ4n) is 3.40. The Morgan fingerprint density at radius 3 is 3.00 bits per heavy atom. The summed E-state index contributed by atoms with van der Waals surface area (Å²) in [7, 11) is 0. The first-order valence-corrected chi connectivity index (χ1v) is 8.60. The Kier molecular flexibility index (Phi) is 4.14. The maximum atomic E-state index is 13.0. The molecule has 8 nitrogen and oxygen atoms in total. The molecule has 0 unspecified atom stereocenters. The first-order chi connectivity index (χ1) is 12.7. The average Bonchev–Trinajstić information content (AvgIpc) is 3.13. The van der Waals surface area contributed by atoms with Gasteiger partial charge in [-0.3, -0.25) is 9.36 Å². The normalized spacial score (nSPS) is 17.4. The van der Waals surface area contributed by atoms with Crippen LogP contribution in [-0.2, 0) is 6.54 Å². The van der Waals surface area contributed by atoms with E-state index in [1.54, 1.807) is 23.0 Å². The number of nitriles is 1. The molecule has 4 rings (SSSR count). The first kappa shape index (κ1) is 16.3. The van der Waals surface area contributed by atoms with Crippen LogP contribution in [0.1, 0.15) is 24.0 Å². The van der Waals surface area contributed by atoms with Crippen molar-refractivity contribution in [3.8, 4) is 6.07 Å². The van der Waals surface area contributed by atoms with Crippen LogP contribution in [0.25, 0.3) is 5.65 Å². The number of rotatable bonds is 3. The predicted octanol–water partition coefficient (Wildman–Crippen LogP) is 0.738. The molecule has 0 saturated carbocycles. The van der Waals surface area contributed by atoms with Crippen LogP contribution in [0, 0.1) is 11.3 Å². The molecule has 1 aliphatic rings. The van der Waals surface area contributed by atoms with Crippen LogP contribution in [0.4, 0.5) is 5.95 Å². The lowest BCUT2D eigenvalue weighted by Gasteiger charge is -2.32. The SMILES string of the molecule is N#Cc1ccccc1Cn1c(N2CCC[C@@H](N)C2)nn2ccnc2c1=O. The average molecular weight is 349 g/mol. The van der Waals surface area contributed by atoms with Gasteiger partial charge in [-0.25, -0.2) is 9.50 Å². The third-order valence-electron chi connectivity index (χ3n) is 4.70. The van der Waals surface area contributed by atoms with Crippen LogP contribution in [0.5, 0.6) is 0 Å². The van der Waals surface area contributed by atoms with Crippen molar-refractivity contribution in [1.29, 1.82) is 5.26 Å². The van der Waals surface area contributed by atoms with E-state index in [0.29, 0.717) is 18.1 Å². The lowest BCUT2D eigenvalue weighted by molar-refractivity contribution is 0.487. The Bertz CT molecular complexity index is 1050. The molecule has 3 heterocycles. The second-order valence-electron chi connectivity index (χ2n) is 6.50. The summed E-state index contributed by atoms with van der Waals surface area (Å²) < 4.78 is 3.10. The zero-order valence-corrected chi connectivity index (χ0v) is 14.2. The molecule has 0 bridgehead atoms. The minimum Gasteiger partial charge on any atom is -0.339 e. The van der Waals surface area contributed by atoms with E-state index < -0.39 is 0 Å². The van der Waals surface area contributed by atoms with Crippen LogP contribution < -0.4 is 16.2 Å². The summed E-state index contributed by atoms with van der Waals surface area (Å²) in [5, 5.41) is 14.0. The van der Waals surface area contributed by atoms with Gasteiger partial charge in [0.1, 0.15) is 0 Å². The van der Waals surface area contributed by atoms with Gasteiger partial charge < -0.3 is 10.6 Å². The van der Waals surface area contributed by atoms with Crippen molar-refractivity contribution >= 4 is 11.6 Å². The van der Waals surface area contributed by atoms with Gasteiger partial charge in [-0.15, -0.1) is 5.10 Å². The highest BCUT2D eigenvalue weighted by molar-refractivity contribution is 5.43. The number of anilines is 1. The fourth-order valence-corrected chi connectivity index (χ4v) is 3.40. The van der Waals surface area contributed by atoms with Crippen LogP contribution in [0.15, 0.2) is 41.5 Å². The molecular formula is C18H19N7O. The third kappa shape index (κ3) is 2.82. The molecule has 3 aromatic rings. The van der Waals surface area contributed by atoms with Crippen LogP contribution in [0.3, 0.4) is 0 Å². The summed E-state index contributed by atoms with van der Waals surface area (Å²) >= 11 is 0. The number of hydrogen-bond donors (Lipinski definition) is 1. The Balaban J connectivity index is 1.86. The number of nitrogens with zero attached hydrogens (tertiary/aromatic N) is 6. The number of imidazole rings is 1. The molecule has 26 heavy (non-hydrogen) atoms. The van der Waals surface area contributed by atoms with E-state index in [4.69, 9.17) is 5.73 Å². The van der Waals surface area contributed by atoms with Gasteiger partial charge in [0.25, 0.3) is 5.56 Å². The molecule has 0 spiro atoms. The molecule has 1 atom stereocenters. The molecule has 1 fully saturated rings. The Morgan fingerprint density at radius 1 is 1.35 bits per heavy atom. The molecule has 2 aromatic heterocycles. The number of piperidine rings is 1. The van der Waals surface area contributed by atoms with E-state index >= 15 is 0 Å². The standard InChI is InChI=1S/C18H19N7O/c19-10-13-4-1-2-5-14(13)11-24-17(26)16-21-7-9-25(16)22-18(24)23-8-3-6-15(20)12-23/h1-2,4-5,7,9,15H,3,6,8,11-12,20H2/t15-/m1/s1. The molecule has 2 N–H and O–H groups in total. The summed E-state index contributed by atoms with van der Waals surface area (Å²) in [6.07, 6.45) is 5.14. The third-order valence-corrected chi connectivity index (χ3v) is 4.70. The Hall–Kier alpha value is -3.18. The van der Waals surface area contributed by atoms with Gasteiger partial charge in [-0.1, -0.05) is 18.2 Å². The lowest BCUT2D eigenvalue weighted by atomic mass is 10.1. The van der Waals surface area contributed by atoms with Crippen molar-refractivity contribution < 1.29 is 0 Å². The van der Waals surface area contributed by atoms with Gasteiger partial charge in [0.15, 0.2) is 0 Å². The van der Waals surface area contributed by atoms with Gasteiger partial charge in [0, 0.05) is 31.5 Å². The zero-order valence-electron chi connectivity index (χ0n) is 14.2. The van der Waals surface area contributed by atoms with Gasteiger partial charge in [0.05, 0.1) is 18.2 Å². The maximum absolute atomic E-state index is 13.0. The second kappa shape index (κ2) is 6.61. The summed E-state index contributed by atoms with van der Waals surface area (Å²) in [5.41, 5.74) is 7.48. The highest BCUT2D eigenvalue weighted by Crippen LogP contribution is 2.18. The molecule has 1 saturated heterocycles. The van der Waals surface area contributed by atoms with E-state index in [1.807, 2.05) is 23.1 Å². The number of benzene rings is 1. The number of nitrogens with two attached hydrogens (primary N) is 1. The van der Waals surface area contributed by atoms with Gasteiger partial charge in [-0.05, 0) is 24.5 Å². The smallest absolute Gasteiger partial charge is 0.298 e. The molecule has 0 aliphatic carbocycles. The van der Waals surface area contributed by atoms with Crippen molar-refractivity contribution in [3.05, 3.63) is 58.1 Å². The highest BCUT2D eigenvalue weighted by Gasteiger charge is 2.23. The number of aromatic nitrogens is 4. The predicted molar refractivity (Wildman–Crippen MR) is 96.9 cm³/mol. The molecule has 8 heteroatoms. The van der Waals surface area contributed by atoms with Crippen molar-refractivity contribution in [2.75, 3.05) is 18.0 Å². The van der Waals surface area contributed by atoms with Crippen molar-refractivity contribution in [3.63, 3.8) is 0 Å². The van der Waals surface area contributed by atoms with E-state index in [-0.39, 0.29) is 23.8 Å². The number of hydrogen-bond acceptors (Lipinski definition) is 6. The molecule has 1 aromatic carbocycles. The molecule has 0 amide bonds. The molecule has 132 valence electrons. The Labute approximate surface area is 150 Å². The first-order valence-electron chi connectivity index (χ1n) is 8.60. The minimum absolute atomic E-state index is 0.0546. The zero-order chi connectivity index (χ0) is 18.1. The van der Waals surface area contributed by atoms with E-state index in [9.17, 15) is 10.1 Å². The summed E-state index contributed by atoms with van der Waals surface area (Å²) in [4.78, 5) is 19.2. The van der Waals surface area contributed by atoms with Crippen molar-refractivity contribution in [2.24, 2.45) is 5.73 Å². The van der Waals surface area contributed by atoms with Crippen LogP contribution in [-0.4, -0.2) is 38.3 Å². The summed E-state index contributed by atoms with van der Waals surface area (Å²) in [5.74, 6) is 0.559. The van der Waals surface area contributed by atoms with E-state index in [2.05, 4.69) is 16.2 Å². The molecular weight excluding hydrogens is 330 g/mol. The summed E-state index contributed by atoms with van der Waals surface area (Å²) in [6.45, 7) is 1.70. The fraction of sp³-hybridized carbons (Fsp3) is 0.333. The van der Waals surface area contributed by atoms with Crippen molar-refractivity contribution in [2.45, 2.75) is 25.4 Å². The lowest BCUT2D eigenvalue weighted by Crippen LogP contribution is -2.46. The quantitative estimate of drug-likeness (QED) is 0.748. The monoisotopic (exact) mass is 349 g/mol. The number of fused-ring (bicyclic) bond motifs is 1. The second-order valence-corrected chi connectivity index (χ2v) is 6.50. The Morgan fingerprint density at radius 2 is 2.19 bits per heavy atom.